The molecule has 1 heterocycles. The third-order valence-corrected chi connectivity index (χ3v) is 3.04. The van der Waals surface area contributed by atoms with Gasteiger partial charge in [-0.2, -0.15) is 0 Å². The first-order valence-electron chi connectivity index (χ1n) is 6.50. The van der Waals surface area contributed by atoms with Crippen molar-refractivity contribution >= 4 is 17.4 Å². The van der Waals surface area contributed by atoms with Gasteiger partial charge in [-0.05, 0) is 37.6 Å². The molecule has 0 bridgehead atoms. The quantitative estimate of drug-likeness (QED) is 0.520. The lowest BCUT2D eigenvalue weighted by molar-refractivity contribution is -0.118. The third kappa shape index (κ3) is 3.35. The Hall–Kier alpha value is -2.36. The number of para-hydroxylation sites is 1. The topological polar surface area (TPSA) is 55.4 Å². The van der Waals surface area contributed by atoms with Crippen LogP contribution in [0.1, 0.15) is 18.9 Å². The van der Waals surface area contributed by atoms with Gasteiger partial charge in [-0.25, -0.2) is 0 Å². The number of carbonyl (C=O) groups excluding carboxylic acids is 2. The van der Waals surface area contributed by atoms with Gasteiger partial charge in [0.25, 0.3) is 5.91 Å². The molecular formula is C16H17NO3. The van der Waals surface area contributed by atoms with Gasteiger partial charge in [0.2, 0.25) is 0 Å². The highest BCUT2D eigenvalue weighted by Crippen LogP contribution is 2.17. The van der Waals surface area contributed by atoms with E-state index < -0.39 is 5.91 Å². The number of benzene rings is 1. The molecule has 104 valence electrons. The highest BCUT2D eigenvalue weighted by atomic mass is 16.5. The monoisotopic (exact) mass is 271 g/mol. The van der Waals surface area contributed by atoms with E-state index in [2.05, 4.69) is 5.32 Å². The second-order valence-electron chi connectivity index (χ2n) is 4.63. The summed E-state index contributed by atoms with van der Waals surface area (Å²) < 4.78 is 5.31. The van der Waals surface area contributed by atoms with Gasteiger partial charge >= 0.3 is 0 Å². The molecule has 1 aliphatic heterocycles. The van der Waals surface area contributed by atoms with Crippen LogP contribution in [-0.4, -0.2) is 18.3 Å². The fraction of sp³-hybridized carbons (Fsp3) is 0.250. The number of anilines is 1. The largest absolute Gasteiger partial charge is 0.494 e. The Balaban J connectivity index is 2.20. The third-order valence-electron chi connectivity index (χ3n) is 3.04. The summed E-state index contributed by atoms with van der Waals surface area (Å²) in [6.45, 7) is 3.87. The molecule has 4 nitrogen and oxygen atoms in total. The molecule has 0 atom stereocenters. The predicted octanol–water partition coefficient (Wildman–Crippen LogP) is 2.75. The molecule has 0 aliphatic carbocycles. The molecule has 0 saturated heterocycles. The van der Waals surface area contributed by atoms with E-state index in [0.29, 0.717) is 18.1 Å². The molecular weight excluding hydrogens is 254 g/mol. The lowest BCUT2D eigenvalue weighted by atomic mass is 10.1. The van der Waals surface area contributed by atoms with Crippen LogP contribution in [0.2, 0.25) is 0 Å². The van der Waals surface area contributed by atoms with Crippen LogP contribution in [0.15, 0.2) is 47.7 Å². The Morgan fingerprint density at radius 2 is 2.05 bits per heavy atom. The average Bonchev–Trinajstić information content (AvgIpc) is 2.91. The van der Waals surface area contributed by atoms with Gasteiger partial charge in [-0.15, -0.1) is 0 Å². The number of hydrogen-bond donors (Lipinski definition) is 1. The zero-order chi connectivity index (χ0) is 14.5. The number of allylic oxidation sites excluding steroid dienone is 1. The van der Waals surface area contributed by atoms with E-state index in [-0.39, 0.29) is 11.4 Å². The molecule has 20 heavy (non-hydrogen) atoms. The van der Waals surface area contributed by atoms with Crippen molar-refractivity contribution in [2.75, 3.05) is 11.9 Å². The van der Waals surface area contributed by atoms with E-state index in [1.165, 1.54) is 13.0 Å². The molecule has 0 radical (unpaired) electrons. The molecule has 2 rings (SSSR count). The molecule has 0 unspecified atom stereocenters. The van der Waals surface area contributed by atoms with Crippen molar-refractivity contribution in [1.29, 1.82) is 0 Å². The van der Waals surface area contributed by atoms with Crippen molar-refractivity contribution in [2.24, 2.45) is 0 Å². The van der Waals surface area contributed by atoms with Crippen molar-refractivity contribution in [3.63, 3.8) is 0 Å². The van der Waals surface area contributed by atoms with Crippen LogP contribution in [0.3, 0.4) is 0 Å². The number of Topliss-reactive ketones (excluding diaryl/α,β-unsaturated/α-hetero) is 1. The summed E-state index contributed by atoms with van der Waals surface area (Å²) in [5, 5.41) is 2.75. The lowest BCUT2D eigenvalue weighted by Gasteiger charge is -2.09. The smallest absolute Gasteiger partial charge is 0.259 e. The summed E-state index contributed by atoms with van der Waals surface area (Å²) in [6.07, 6.45) is 4.17. The normalized spacial score (nSPS) is 14.5. The second-order valence-corrected chi connectivity index (χ2v) is 4.63. The Labute approximate surface area is 118 Å². The number of amides is 1. The van der Waals surface area contributed by atoms with E-state index in [4.69, 9.17) is 4.74 Å². The molecule has 0 saturated carbocycles. The van der Waals surface area contributed by atoms with Crippen molar-refractivity contribution in [3.8, 4) is 0 Å². The SMILES string of the molecule is CC(=O)/C(=C/C1=CCCO1)C(=O)Nc1ccccc1C. The number of carbonyl (C=O) groups is 2. The number of rotatable bonds is 4. The van der Waals surface area contributed by atoms with Crippen LogP contribution >= 0.6 is 0 Å². The summed E-state index contributed by atoms with van der Waals surface area (Å²) >= 11 is 0. The maximum Gasteiger partial charge on any atom is 0.259 e. The van der Waals surface area contributed by atoms with Crippen molar-refractivity contribution in [3.05, 3.63) is 53.3 Å². The van der Waals surface area contributed by atoms with Crippen LogP contribution in [0.5, 0.6) is 0 Å². The molecule has 0 spiro atoms. The molecule has 4 heteroatoms. The Morgan fingerprint density at radius 1 is 1.30 bits per heavy atom. The van der Waals surface area contributed by atoms with Gasteiger partial charge in [-0.3, -0.25) is 9.59 Å². The minimum absolute atomic E-state index is 0.0985. The van der Waals surface area contributed by atoms with Crippen molar-refractivity contribution < 1.29 is 14.3 Å². The van der Waals surface area contributed by atoms with Gasteiger partial charge in [-0.1, -0.05) is 18.2 Å². The minimum Gasteiger partial charge on any atom is -0.494 e. The fourth-order valence-corrected chi connectivity index (χ4v) is 1.91. The number of ether oxygens (including phenoxy) is 1. The molecule has 0 fully saturated rings. The maximum atomic E-state index is 12.2. The van der Waals surface area contributed by atoms with Crippen LogP contribution < -0.4 is 5.32 Å². The molecule has 1 amide bonds. The first kappa shape index (κ1) is 14.1. The maximum absolute atomic E-state index is 12.2. The standard InChI is InChI=1S/C16H17NO3/c1-11-6-3-4-8-15(11)17-16(19)14(12(2)18)10-13-7-5-9-20-13/h3-4,6-8,10H,5,9H2,1-2H3,(H,17,19)/b14-10-. The summed E-state index contributed by atoms with van der Waals surface area (Å²) in [5.74, 6) is -0.120. The number of hydrogen-bond acceptors (Lipinski definition) is 3. The van der Waals surface area contributed by atoms with E-state index in [1.807, 2.05) is 31.2 Å². The first-order valence-corrected chi connectivity index (χ1v) is 6.50. The van der Waals surface area contributed by atoms with Crippen molar-refractivity contribution in [2.45, 2.75) is 20.3 Å². The summed E-state index contributed by atoms with van der Waals surface area (Å²) in [7, 11) is 0. The zero-order valence-electron chi connectivity index (χ0n) is 11.6. The number of nitrogens with one attached hydrogen (secondary N) is 1. The summed E-state index contributed by atoms with van der Waals surface area (Å²) in [5.41, 5.74) is 1.74. The predicted molar refractivity (Wildman–Crippen MR) is 77.2 cm³/mol. The Kier molecular flexibility index (Phi) is 4.35. The fourth-order valence-electron chi connectivity index (χ4n) is 1.91. The summed E-state index contributed by atoms with van der Waals surface area (Å²) in [4.78, 5) is 23.8. The summed E-state index contributed by atoms with van der Waals surface area (Å²) in [6, 6.07) is 7.43. The number of ketones is 1. The van der Waals surface area contributed by atoms with E-state index in [1.54, 1.807) is 6.07 Å². The highest BCUT2D eigenvalue weighted by Gasteiger charge is 2.17. The van der Waals surface area contributed by atoms with E-state index >= 15 is 0 Å². The molecule has 1 aliphatic rings. The van der Waals surface area contributed by atoms with Gasteiger partial charge < -0.3 is 10.1 Å². The Bertz CT molecular complexity index is 599. The molecule has 0 aromatic heterocycles. The van der Waals surface area contributed by atoms with Gasteiger partial charge in [0.15, 0.2) is 5.78 Å². The van der Waals surface area contributed by atoms with E-state index in [0.717, 1.165) is 12.0 Å². The van der Waals surface area contributed by atoms with Crippen molar-refractivity contribution in [1.82, 2.24) is 0 Å². The van der Waals surface area contributed by atoms with Gasteiger partial charge in [0.1, 0.15) is 5.76 Å². The van der Waals surface area contributed by atoms with Crippen LogP contribution in [0.4, 0.5) is 5.69 Å². The first-order chi connectivity index (χ1) is 9.58. The van der Waals surface area contributed by atoms with E-state index in [9.17, 15) is 9.59 Å². The average molecular weight is 271 g/mol. The Morgan fingerprint density at radius 3 is 2.65 bits per heavy atom. The van der Waals surface area contributed by atoms with Crippen LogP contribution in [-0.2, 0) is 14.3 Å². The van der Waals surface area contributed by atoms with Crippen LogP contribution in [0.25, 0.3) is 0 Å². The zero-order valence-corrected chi connectivity index (χ0v) is 11.6. The minimum atomic E-state index is -0.414. The number of aryl methyl sites for hydroxylation is 1. The molecule has 1 N–H and O–H groups in total. The second kappa shape index (κ2) is 6.19. The lowest BCUT2D eigenvalue weighted by Crippen LogP contribution is -2.19. The van der Waals surface area contributed by atoms with Gasteiger partial charge in [0, 0.05) is 12.1 Å². The van der Waals surface area contributed by atoms with Crippen LogP contribution in [0, 0.1) is 6.92 Å². The van der Waals surface area contributed by atoms with Gasteiger partial charge in [0.05, 0.1) is 12.2 Å². The molecule has 1 aromatic rings. The molecule has 1 aromatic carbocycles. The highest BCUT2D eigenvalue weighted by molar-refractivity contribution is 6.23.